The van der Waals surface area contributed by atoms with E-state index in [1.54, 1.807) is 0 Å². The third-order valence-corrected chi connectivity index (χ3v) is 2.35. The molecule has 0 unspecified atom stereocenters. The summed E-state index contributed by atoms with van der Waals surface area (Å²) in [5.74, 6) is -1.46. The molecule has 0 aromatic heterocycles. The van der Waals surface area contributed by atoms with Crippen LogP contribution in [0.3, 0.4) is 0 Å². The van der Waals surface area contributed by atoms with Crippen LogP contribution in [0.4, 0.5) is 13.2 Å². The molecule has 0 spiro atoms. The molecule has 1 saturated carbocycles. The SMILES string of the molecule is CN(CC1CCC1)C(=O)C(F)(F)F. The second-order valence-corrected chi connectivity index (χ2v) is 3.48. The van der Waals surface area contributed by atoms with Crippen molar-refractivity contribution in [2.24, 2.45) is 5.92 Å². The number of carbonyl (C=O) groups excluding carboxylic acids is 1. The summed E-state index contributed by atoms with van der Waals surface area (Å²) in [5.41, 5.74) is 0. The fraction of sp³-hybridized carbons (Fsp3) is 0.875. The molecule has 13 heavy (non-hydrogen) atoms. The summed E-state index contributed by atoms with van der Waals surface area (Å²) in [5, 5.41) is 0. The fourth-order valence-corrected chi connectivity index (χ4v) is 1.36. The first-order valence-electron chi connectivity index (χ1n) is 4.23. The lowest BCUT2D eigenvalue weighted by Crippen LogP contribution is -2.42. The Morgan fingerprint density at radius 3 is 2.31 bits per heavy atom. The molecule has 76 valence electrons. The Labute approximate surface area is 74.7 Å². The lowest BCUT2D eigenvalue weighted by Gasteiger charge is -2.30. The van der Waals surface area contributed by atoms with Gasteiger partial charge in [0.1, 0.15) is 0 Å². The highest BCUT2D eigenvalue weighted by Crippen LogP contribution is 2.28. The highest BCUT2D eigenvalue weighted by Gasteiger charge is 2.41. The summed E-state index contributed by atoms with van der Waals surface area (Å²) in [6, 6.07) is 0. The summed E-state index contributed by atoms with van der Waals surface area (Å²) in [6.45, 7) is 0.234. The minimum absolute atomic E-state index is 0.234. The molecule has 1 aliphatic rings. The monoisotopic (exact) mass is 195 g/mol. The molecule has 0 radical (unpaired) electrons. The molecule has 0 aliphatic heterocycles. The van der Waals surface area contributed by atoms with E-state index in [2.05, 4.69) is 0 Å². The van der Waals surface area contributed by atoms with E-state index in [1.165, 1.54) is 7.05 Å². The van der Waals surface area contributed by atoms with E-state index in [4.69, 9.17) is 0 Å². The predicted molar refractivity (Wildman–Crippen MR) is 41.0 cm³/mol. The molecule has 0 saturated heterocycles. The van der Waals surface area contributed by atoms with Crippen molar-refractivity contribution in [3.8, 4) is 0 Å². The third kappa shape index (κ3) is 2.60. The number of hydrogen-bond donors (Lipinski definition) is 0. The van der Waals surface area contributed by atoms with Crippen molar-refractivity contribution in [2.75, 3.05) is 13.6 Å². The zero-order valence-corrected chi connectivity index (χ0v) is 7.40. The summed E-state index contributed by atoms with van der Waals surface area (Å²) in [7, 11) is 1.20. The smallest absolute Gasteiger partial charge is 0.338 e. The molecule has 1 rings (SSSR count). The van der Waals surface area contributed by atoms with Crippen molar-refractivity contribution >= 4 is 5.91 Å². The van der Waals surface area contributed by atoms with Crippen LogP contribution in [0.15, 0.2) is 0 Å². The van der Waals surface area contributed by atoms with E-state index in [-0.39, 0.29) is 12.5 Å². The average Bonchev–Trinajstić information content (AvgIpc) is 1.93. The van der Waals surface area contributed by atoms with Gasteiger partial charge in [-0.05, 0) is 18.8 Å². The first-order valence-corrected chi connectivity index (χ1v) is 4.23. The van der Waals surface area contributed by atoms with Crippen LogP contribution in [0.1, 0.15) is 19.3 Å². The Kier molecular flexibility index (Phi) is 2.83. The van der Waals surface area contributed by atoms with Crippen LogP contribution < -0.4 is 0 Å². The molecule has 5 heteroatoms. The largest absolute Gasteiger partial charge is 0.471 e. The zero-order chi connectivity index (χ0) is 10.1. The first-order chi connectivity index (χ1) is 5.91. The van der Waals surface area contributed by atoms with Gasteiger partial charge in [-0.2, -0.15) is 13.2 Å². The Hall–Kier alpha value is -0.740. The number of carbonyl (C=O) groups is 1. The van der Waals surface area contributed by atoms with Crippen molar-refractivity contribution in [3.05, 3.63) is 0 Å². The van der Waals surface area contributed by atoms with Crippen molar-refractivity contribution in [3.63, 3.8) is 0 Å². The Morgan fingerprint density at radius 1 is 1.46 bits per heavy atom. The number of halogens is 3. The molecule has 1 amide bonds. The summed E-state index contributed by atoms with van der Waals surface area (Å²) in [6.07, 6.45) is -1.78. The lowest BCUT2D eigenvalue weighted by molar-refractivity contribution is -0.184. The lowest BCUT2D eigenvalue weighted by atomic mass is 9.85. The van der Waals surface area contributed by atoms with Gasteiger partial charge in [0.2, 0.25) is 0 Å². The molecule has 0 aromatic carbocycles. The van der Waals surface area contributed by atoms with E-state index in [0.717, 1.165) is 24.2 Å². The quantitative estimate of drug-likeness (QED) is 0.658. The molecule has 0 aromatic rings. The molecule has 2 nitrogen and oxygen atoms in total. The topological polar surface area (TPSA) is 20.3 Å². The maximum Gasteiger partial charge on any atom is 0.471 e. The van der Waals surface area contributed by atoms with Gasteiger partial charge in [0, 0.05) is 13.6 Å². The van der Waals surface area contributed by atoms with Gasteiger partial charge in [-0.25, -0.2) is 0 Å². The fourth-order valence-electron chi connectivity index (χ4n) is 1.36. The van der Waals surface area contributed by atoms with E-state index < -0.39 is 12.1 Å². The van der Waals surface area contributed by atoms with Crippen LogP contribution in [0.2, 0.25) is 0 Å². The van der Waals surface area contributed by atoms with Crippen LogP contribution in [0.25, 0.3) is 0 Å². The van der Waals surface area contributed by atoms with E-state index in [1.807, 2.05) is 0 Å². The standard InChI is InChI=1S/C8H12F3NO/c1-12(5-6-3-2-4-6)7(13)8(9,10)11/h6H,2-5H2,1H3. The van der Waals surface area contributed by atoms with Gasteiger partial charge in [-0.1, -0.05) is 6.42 Å². The molecule has 0 bridgehead atoms. The van der Waals surface area contributed by atoms with Gasteiger partial charge >= 0.3 is 12.1 Å². The van der Waals surface area contributed by atoms with Gasteiger partial charge < -0.3 is 4.90 Å². The van der Waals surface area contributed by atoms with Crippen molar-refractivity contribution in [1.29, 1.82) is 0 Å². The Morgan fingerprint density at radius 2 is 2.00 bits per heavy atom. The van der Waals surface area contributed by atoms with Gasteiger partial charge in [0.15, 0.2) is 0 Å². The van der Waals surface area contributed by atoms with Crippen LogP contribution in [-0.4, -0.2) is 30.6 Å². The second-order valence-electron chi connectivity index (χ2n) is 3.48. The number of amides is 1. The van der Waals surface area contributed by atoms with Crippen molar-refractivity contribution < 1.29 is 18.0 Å². The molecular formula is C8H12F3NO. The summed E-state index contributed by atoms with van der Waals surface area (Å²) in [4.78, 5) is 11.4. The van der Waals surface area contributed by atoms with E-state index in [9.17, 15) is 18.0 Å². The summed E-state index contributed by atoms with van der Waals surface area (Å²) >= 11 is 0. The molecule has 0 heterocycles. The maximum absolute atomic E-state index is 11.9. The third-order valence-electron chi connectivity index (χ3n) is 2.35. The molecule has 0 N–H and O–H groups in total. The molecule has 1 aliphatic carbocycles. The van der Waals surface area contributed by atoms with Gasteiger partial charge in [-0.15, -0.1) is 0 Å². The van der Waals surface area contributed by atoms with Gasteiger partial charge in [0.05, 0.1) is 0 Å². The second kappa shape index (κ2) is 3.55. The highest BCUT2D eigenvalue weighted by molar-refractivity contribution is 5.81. The minimum Gasteiger partial charge on any atom is -0.338 e. The average molecular weight is 195 g/mol. The van der Waals surface area contributed by atoms with Gasteiger partial charge in [-0.3, -0.25) is 4.79 Å². The molecule has 1 fully saturated rings. The Bertz CT molecular complexity index is 198. The number of hydrogen-bond acceptors (Lipinski definition) is 1. The van der Waals surface area contributed by atoms with E-state index >= 15 is 0 Å². The van der Waals surface area contributed by atoms with Crippen molar-refractivity contribution in [1.82, 2.24) is 4.90 Å². The summed E-state index contributed by atoms with van der Waals surface area (Å²) < 4.78 is 35.6. The number of alkyl halides is 3. The number of rotatable bonds is 2. The first kappa shape index (κ1) is 10.3. The van der Waals surface area contributed by atoms with Crippen LogP contribution in [-0.2, 0) is 4.79 Å². The molecule has 0 atom stereocenters. The van der Waals surface area contributed by atoms with Gasteiger partial charge in [0.25, 0.3) is 0 Å². The van der Waals surface area contributed by atoms with Crippen LogP contribution in [0, 0.1) is 5.92 Å². The van der Waals surface area contributed by atoms with Crippen LogP contribution >= 0.6 is 0 Å². The Balaban J connectivity index is 2.37. The minimum atomic E-state index is -4.72. The number of nitrogens with zero attached hydrogens (tertiary/aromatic N) is 1. The van der Waals surface area contributed by atoms with E-state index in [0.29, 0.717) is 0 Å². The maximum atomic E-state index is 11.9. The highest BCUT2D eigenvalue weighted by atomic mass is 19.4. The predicted octanol–water partition coefficient (Wildman–Crippen LogP) is 1.81. The molecular weight excluding hydrogens is 183 g/mol. The van der Waals surface area contributed by atoms with Crippen molar-refractivity contribution in [2.45, 2.75) is 25.4 Å². The zero-order valence-electron chi connectivity index (χ0n) is 7.40. The normalized spacial score (nSPS) is 18.2. The van der Waals surface area contributed by atoms with Crippen LogP contribution in [0.5, 0.6) is 0 Å².